The van der Waals surface area contributed by atoms with Gasteiger partial charge in [-0.05, 0) is 25.0 Å². The molecule has 0 aliphatic carbocycles. The predicted octanol–water partition coefficient (Wildman–Crippen LogP) is 3.09. The Bertz CT molecular complexity index is 343. The number of rotatable bonds is 8. The fourth-order valence-electron chi connectivity index (χ4n) is 1.47. The third-order valence-electron chi connectivity index (χ3n) is 2.44. The molecule has 1 heterocycles. The van der Waals surface area contributed by atoms with E-state index in [0.717, 1.165) is 4.34 Å². The minimum absolute atomic E-state index is 0.197. The molecule has 18 heavy (non-hydrogen) atoms. The monoisotopic (exact) mass is 291 g/mol. The third kappa shape index (κ3) is 6.16. The summed E-state index contributed by atoms with van der Waals surface area (Å²) in [6, 6.07) is 4.09. The van der Waals surface area contributed by atoms with Crippen LogP contribution in [0.25, 0.3) is 0 Å². The van der Waals surface area contributed by atoms with E-state index in [4.69, 9.17) is 16.3 Å². The summed E-state index contributed by atoms with van der Waals surface area (Å²) in [5.74, 6) is 0.498. The molecule has 2 N–H and O–H groups in total. The van der Waals surface area contributed by atoms with Crippen molar-refractivity contribution in [3.05, 3.63) is 21.3 Å². The first-order valence-corrected chi connectivity index (χ1v) is 7.43. The third-order valence-corrected chi connectivity index (χ3v) is 3.86. The highest BCUT2D eigenvalue weighted by atomic mass is 35.5. The molecular weight excluding hydrogens is 270 g/mol. The van der Waals surface area contributed by atoms with Gasteiger partial charge in [0.1, 0.15) is 0 Å². The summed E-state index contributed by atoms with van der Waals surface area (Å²) in [7, 11) is 0. The predicted molar refractivity (Wildman–Crippen MR) is 77.4 cm³/mol. The Balaban J connectivity index is 2.19. The first-order valence-electron chi connectivity index (χ1n) is 6.23. The highest BCUT2D eigenvalue weighted by Gasteiger charge is 2.10. The van der Waals surface area contributed by atoms with Crippen LogP contribution < -0.4 is 5.32 Å². The van der Waals surface area contributed by atoms with Crippen molar-refractivity contribution >= 4 is 22.9 Å². The zero-order valence-electron chi connectivity index (χ0n) is 11.1. The Morgan fingerprint density at radius 3 is 2.61 bits per heavy atom. The maximum atomic E-state index is 9.75. The van der Waals surface area contributed by atoms with Crippen LogP contribution in [-0.4, -0.2) is 31.0 Å². The molecular formula is C13H22ClNO2S. The van der Waals surface area contributed by atoms with Crippen LogP contribution in [0.5, 0.6) is 0 Å². The molecule has 0 saturated heterocycles. The van der Waals surface area contributed by atoms with Gasteiger partial charge in [0, 0.05) is 24.1 Å². The van der Waals surface area contributed by atoms with E-state index in [1.54, 1.807) is 11.3 Å². The van der Waals surface area contributed by atoms with Gasteiger partial charge in [-0.2, -0.15) is 0 Å². The van der Waals surface area contributed by atoms with Crippen LogP contribution in [0.1, 0.15) is 31.7 Å². The zero-order valence-corrected chi connectivity index (χ0v) is 12.7. The van der Waals surface area contributed by atoms with E-state index in [2.05, 4.69) is 26.1 Å². The van der Waals surface area contributed by atoms with Crippen molar-refractivity contribution in [3.63, 3.8) is 0 Å². The lowest BCUT2D eigenvalue weighted by molar-refractivity contribution is 0.0252. The quantitative estimate of drug-likeness (QED) is 0.773. The van der Waals surface area contributed by atoms with Crippen molar-refractivity contribution < 1.29 is 9.84 Å². The molecule has 0 spiro atoms. The summed E-state index contributed by atoms with van der Waals surface area (Å²) in [5.41, 5.74) is 0. The lowest BCUT2D eigenvalue weighted by Crippen LogP contribution is -2.32. The van der Waals surface area contributed by atoms with Crippen LogP contribution in [0.2, 0.25) is 4.34 Å². The van der Waals surface area contributed by atoms with Crippen LogP contribution in [0, 0.1) is 5.92 Å². The summed E-state index contributed by atoms with van der Waals surface area (Å²) in [5, 5.41) is 13.0. The maximum absolute atomic E-state index is 9.75. The van der Waals surface area contributed by atoms with Crippen LogP contribution in [0.3, 0.4) is 0 Å². The fourth-order valence-corrected chi connectivity index (χ4v) is 2.56. The molecule has 0 radical (unpaired) electrons. The van der Waals surface area contributed by atoms with E-state index >= 15 is 0 Å². The van der Waals surface area contributed by atoms with Gasteiger partial charge in [0.15, 0.2) is 0 Å². The van der Waals surface area contributed by atoms with E-state index in [1.807, 2.05) is 12.1 Å². The Morgan fingerprint density at radius 2 is 2.06 bits per heavy atom. The molecule has 1 aromatic heterocycles. The average molecular weight is 292 g/mol. The van der Waals surface area contributed by atoms with E-state index in [-0.39, 0.29) is 6.04 Å². The normalized spacial score (nSPS) is 15.0. The molecule has 0 fully saturated rings. The number of halogens is 1. The number of thiophene rings is 1. The molecule has 0 saturated carbocycles. The van der Waals surface area contributed by atoms with Gasteiger partial charge in [-0.25, -0.2) is 0 Å². The van der Waals surface area contributed by atoms with Gasteiger partial charge < -0.3 is 15.2 Å². The largest absolute Gasteiger partial charge is 0.389 e. The first-order chi connectivity index (χ1) is 8.49. The lowest BCUT2D eigenvalue weighted by atomic mass is 10.2. The van der Waals surface area contributed by atoms with Crippen LogP contribution in [0.4, 0.5) is 0 Å². The van der Waals surface area contributed by atoms with Gasteiger partial charge in [-0.3, -0.25) is 0 Å². The Labute approximate surface area is 118 Å². The van der Waals surface area contributed by atoms with E-state index in [1.165, 1.54) is 4.88 Å². The molecule has 1 rings (SSSR count). The average Bonchev–Trinajstić information content (AvgIpc) is 2.72. The summed E-state index contributed by atoms with van der Waals surface area (Å²) in [4.78, 5) is 1.18. The van der Waals surface area contributed by atoms with Crippen molar-refractivity contribution in [1.82, 2.24) is 5.32 Å². The van der Waals surface area contributed by atoms with Crippen LogP contribution >= 0.6 is 22.9 Å². The smallest absolute Gasteiger partial charge is 0.0931 e. The number of aliphatic hydroxyl groups is 1. The molecule has 104 valence electrons. The van der Waals surface area contributed by atoms with Crippen molar-refractivity contribution in [2.75, 3.05) is 19.8 Å². The molecule has 1 aromatic rings. The van der Waals surface area contributed by atoms with Crippen LogP contribution in [0.15, 0.2) is 12.1 Å². The highest BCUT2D eigenvalue weighted by molar-refractivity contribution is 7.16. The SMILES string of the molecule is CC(C)COCC(O)CNC(C)c1ccc(Cl)s1. The first kappa shape index (κ1) is 15.9. The number of hydrogen-bond acceptors (Lipinski definition) is 4. The van der Waals surface area contributed by atoms with Gasteiger partial charge in [0.2, 0.25) is 0 Å². The second-order valence-electron chi connectivity index (χ2n) is 4.86. The molecule has 5 heteroatoms. The number of nitrogens with one attached hydrogen (secondary N) is 1. The summed E-state index contributed by atoms with van der Waals surface area (Å²) < 4.78 is 6.18. The fraction of sp³-hybridized carbons (Fsp3) is 0.692. The van der Waals surface area contributed by atoms with Crippen molar-refractivity contribution in [2.24, 2.45) is 5.92 Å². The maximum Gasteiger partial charge on any atom is 0.0931 e. The van der Waals surface area contributed by atoms with E-state index in [9.17, 15) is 5.11 Å². The zero-order chi connectivity index (χ0) is 13.5. The number of hydrogen-bond donors (Lipinski definition) is 2. The van der Waals surface area contributed by atoms with Gasteiger partial charge in [-0.15, -0.1) is 11.3 Å². The number of aliphatic hydroxyl groups excluding tert-OH is 1. The molecule has 2 atom stereocenters. The van der Waals surface area contributed by atoms with Gasteiger partial charge in [-0.1, -0.05) is 25.4 Å². The number of ether oxygens (including phenoxy) is 1. The molecule has 0 amide bonds. The lowest BCUT2D eigenvalue weighted by Gasteiger charge is -2.16. The Kier molecular flexibility index (Phi) is 7.19. The summed E-state index contributed by atoms with van der Waals surface area (Å²) in [6.45, 7) is 7.83. The second kappa shape index (κ2) is 8.12. The van der Waals surface area contributed by atoms with Gasteiger partial charge in [0.05, 0.1) is 17.0 Å². The minimum Gasteiger partial charge on any atom is -0.389 e. The molecule has 3 nitrogen and oxygen atoms in total. The highest BCUT2D eigenvalue weighted by Crippen LogP contribution is 2.26. The van der Waals surface area contributed by atoms with Crippen LogP contribution in [-0.2, 0) is 4.74 Å². The van der Waals surface area contributed by atoms with E-state index in [0.29, 0.717) is 25.7 Å². The van der Waals surface area contributed by atoms with Crippen molar-refractivity contribution in [2.45, 2.75) is 32.9 Å². The topological polar surface area (TPSA) is 41.5 Å². The molecule has 0 aromatic carbocycles. The van der Waals surface area contributed by atoms with Gasteiger partial charge >= 0.3 is 0 Å². The summed E-state index contributed by atoms with van der Waals surface area (Å²) >= 11 is 7.45. The Morgan fingerprint density at radius 1 is 1.33 bits per heavy atom. The van der Waals surface area contributed by atoms with Gasteiger partial charge in [0.25, 0.3) is 0 Å². The molecule has 0 bridgehead atoms. The van der Waals surface area contributed by atoms with E-state index < -0.39 is 6.10 Å². The minimum atomic E-state index is -0.471. The Hall–Kier alpha value is -0.130. The molecule has 0 aliphatic heterocycles. The van der Waals surface area contributed by atoms with Crippen molar-refractivity contribution in [3.8, 4) is 0 Å². The standard InChI is InChI=1S/C13H22ClNO2S/c1-9(2)7-17-8-11(16)6-15-10(3)12-4-5-13(14)18-12/h4-5,9-11,15-16H,6-8H2,1-3H3. The summed E-state index contributed by atoms with van der Waals surface area (Å²) in [6.07, 6.45) is -0.471. The molecule has 2 unspecified atom stereocenters. The second-order valence-corrected chi connectivity index (χ2v) is 6.60. The molecule has 0 aliphatic rings. The van der Waals surface area contributed by atoms with Crippen molar-refractivity contribution in [1.29, 1.82) is 0 Å².